The summed E-state index contributed by atoms with van der Waals surface area (Å²) in [4.78, 5) is 25.1. The minimum Gasteiger partial charge on any atom is -0.490 e. The van der Waals surface area contributed by atoms with Gasteiger partial charge in [-0.15, -0.1) is 0 Å². The van der Waals surface area contributed by atoms with Crippen LogP contribution in [0.3, 0.4) is 0 Å². The molecule has 0 unspecified atom stereocenters. The number of carbonyl (C=O) groups is 2. The van der Waals surface area contributed by atoms with E-state index < -0.39 is 11.7 Å². The topological polar surface area (TPSA) is 100 Å². The summed E-state index contributed by atoms with van der Waals surface area (Å²) in [5, 5.41) is 14.9. The number of nitrogens with zero attached hydrogens (tertiary/aromatic N) is 1. The Bertz CT molecular complexity index is 1380. The number of amides is 2. The van der Waals surface area contributed by atoms with Crippen LogP contribution in [0.4, 0.5) is 15.8 Å². The van der Waals surface area contributed by atoms with E-state index in [1.807, 2.05) is 38.1 Å². The van der Waals surface area contributed by atoms with Crippen LogP contribution in [0.1, 0.15) is 23.6 Å². The van der Waals surface area contributed by atoms with Crippen molar-refractivity contribution in [2.24, 2.45) is 0 Å². The number of rotatable bonds is 9. The van der Waals surface area contributed by atoms with Crippen molar-refractivity contribution < 1.29 is 23.5 Å². The second-order valence-corrected chi connectivity index (χ2v) is 8.90. The number of carbonyl (C=O) groups excluding carboxylic acids is 2. The van der Waals surface area contributed by atoms with Gasteiger partial charge in [-0.25, -0.2) is 4.39 Å². The molecule has 0 aromatic heterocycles. The van der Waals surface area contributed by atoms with Crippen LogP contribution in [0.2, 0.25) is 0 Å². The Morgan fingerprint density at radius 3 is 2.43 bits per heavy atom. The summed E-state index contributed by atoms with van der Waals surface area (Å²) in [6.07, 6.45) is 1.39. The fourth-order valence-electron chi connectivity index (χ4n) is 3.40. The lowest BCUT2D eigenvalue weighted by atomic mass is 10.1. The van der Waals surface area contributed by atoms with Crippen molar-refractivity contribution in [3.05, 3.63) is 87.2 Å². The molecule has 0 radical (unpaired) electrons. The number of hydrogen-bond acceptors (Lipinski definition) is 5. The molecule has 0 aliphatic heterocycles. The summed E-state index contributed by atoms with van der Waals surface area (Å²) in [5.74, 6) is -0.781. The molecule has 0 aliphatic rings. The minimum atomic E-state index is -0.647. The average Bonchev–Trinajstić information content (AvgIpc) is 2.85. The third-order valence-corrected chi connectivity index (χ3v) is 5.70. The molecule has 9 heteroatoms. The van der Waals surface area contributed by atoms with E-state index in [4.69, 9.17) is 9.47 Å². The van der Waals surface area contributed by atoms with Crippen LogP contribution < -0.4 is 20.1 Å². The molecule has 0 saturated heterocycles. The first-order valence-electron chi connectivity index (χ1n) is 11.3. The highest BCUT2D eigenvalue weighted by Gasteiger charge is 2.16. The monoisotopic (exact) mass is 565 g/mol. The molecule has 190 valence electrons. The number of nitrogens with one attached hydrogen (secondary N) is 2. The lowest BCUT2D eigenvalue weighted by Crippen LogP contribution is -2.21. The van der Waals surface area contributed by atoms with Gasteiger partial charge in [-0.2, -0.15) is 5.26 Å². The van der Waals surface area contributed by atoms with Gasteiger partial charge in [0.25, 0.3) is 11.8 Å². The van der Waals surface area contributed by atoms with E-state index in [0.29, 0.717) is 39.5 Å². The SMILES string of the molecule is CCOc1cc(/C=C(\C#N)C(=O)Nc2ccc(F)cc2)cc(Br)c1OCC(=O)Nc1ccc(C)cc1C. The molecule has 0 heterocycles. The molecule has 3 aromatic carbocycles. The first-order valence-corrected chi connectivity index (χ1v) is 12.1. The van der Waals surface area contributed by atoms with Crippen molar-refractivity contribution in [3.63, 3.8) is 0 Å². The standard InChI is InChI=1S/C28H25BrFN3O4/c1-4-36-25-14-19(12-20(15-31)28(35)32-22-8-6-21(30)7-9-22)13-23(29)27(25)37-16-26(34)33-24-10-5-17(2)11-18(24)3/h5-14H,4,16H2,1-3H3,(H,32,35)(H,33,34)/b20-12+. The maximum Gasteiger partial charge on any atom is 0.266 e. The van der Waals surface area contributed by atoms with Gasteiger partial charge in [-0.05, 0) is 96.4 Å². The molecule has 0 bridgehead atoms. The summed E-state index contributed by atoms with van der Waals surface area (Å²) in [5.41, 5.74) is 3.42. The Labute approximate surface area is 223 Å². The van der Waals surface area contributed by atoms with Crippen molar-refractivity contribution in [1.82, 2.24) is 0 Å². The zero-order valence-corrected chi connectivity index (χ0v) is 22.1. The number of aryl methyl sites for hydroxylation is 2. The highest BCUT2D eigenvalue weighted by atomic mass is 79.9. The predicted molar refractivity (Wildman–Crippen MR) is 144 cm³/mol. The number of benzene rings is 3. The number of halogens is 2. The minimum absolute atomic E-state index is 0.166. The summed E-state index contributed by atoms with van der Waals surface area (Å²) < 4.78 is 25.0. The molecule has 0 atom stereocenters. The summed E-state index contributed by atoms with van der Waals surface area (Å²) in [7, 11) is 0. The fraction of sp³-hybridized carbons (Fsp3) is 0.179. The maximum atomic E-state index is 13.1. The molecule has 3 rings (SSSR count). The molecular weight excluding hydrogens is 541 g/mol. The van der Waals surface area contributed by atoms with Gasteiger partial charge >= 0.3 is 0 Å². The second kappa shape index (κ2) is 12.7. The van der Waals surface area contributed by atoms with Gasteiger partial charge in [0.05, 0.1) is 11.1 Å². The molecule has 0 fully saturated rings. The van der Waals surface area contributed by atoms with Crippen molar-refractivity contribution in [2.45, 2.75) is 20.8 Å². The van der Waals surface area contributed by atoms with Crippen LogP contribution in [0.25, 0.3) is 6.08 Å². The molecular formula is C28H25BrFN3O4. The van der Waals surface area contributed by atoms with Gasteiger partial charge in [0.2, 0.25) is 0 Å². The third kappa shape index (κ3) is 7.66. The van der Waals surface area contributed by atoms with Gasteiger partial charge < -0.3 is 20.1 Å². The summed E-state index contributed by atoms with van der Waals surface area (Å²) in [6, 6.07) is 16.1. The quantitative estimate of drug-likeness (QED) is 0.239. The highest BCUT2D eigenvalue weighted by Crippen LogP contribution is 2.37. The van der Waals surface area contributed by atoms with Gasteiger partial charge in [0.15, 0.2) is 18.1 Å². The lowest BCUT2D eigenvalue weighted by Gasteiger charge is -2.15. The zero-order chi connectivity index (χ0) is 26.9. The van der Waals surface area contributed by atoms with Crippen molar-refractivity contribution >= 4 is 45.2 Å². The smallest absolute Gasteiger partial charge is 0.266 e. The molecule has 2 amide bonds. The maximum absolute atomic E-state index is 13.1. The lowest BCUT2D eigenvalue weighted by molar-refractivity contribution is -0.118. The van der Waals surface area contributed by atoms with E-state index in [-0.39, 0.29) is 18.1 Å². The van der Waals surface area contributed by atoms with E-state index >= 15 is 0 Å². The highest BCUT2D eigenvalue weighted by molar-refractivity contribution is 9.10. The van der Waals surface area contributed by atoms with Gasteiger partial charge in [-0.1, -0.05) is 17.7 Å². The van der Waals surface area contributed by atoms with E-state index in [1.165, 1.54) is 30.3 Å². The van der Waals surface area contributed by atoms with E-state index in [2.05, 4.69) is 26.6 Å². The molecule has 7 nitrogen and oxygen atoms in total. The predicted octanol–water partition coefficient (Wildman–Crippen LogP) is 6.17. The van der Waals surface area contributed by atoms with E-state index in [0.717, 1.165) is 11.1 Å². The third-order valence-electron chi connectivity index (χ3n) is 5.11. The van der Waals surface area contributed by atoms with Crippen LogP contribution >= 0.6 is 15.9 Å². The Morgan fingerprint density at radius 2 is 1.78 bits per heavy atom. The molecule has 2 N–H and O–H groups in total. The van der Waals surface area contributed by atoms with Gasteiger partial charge in [0, 0.05) is 11.4 Å². The van der Waals surface area contributed by atoms with E-state index in [9.17, 15) is 19.2 Å². The van der Waals surface area contributed by atoms with Crippen LogP contribution in [0.15, 0.2) is 64.6 Å². The molecule has 0 saturated carbocycles. The van der Waals surface area contributed by atoms with Crippen molar-refractivity contribution in [1.29, 1.82) is 5.26 Å². The molecule has 3 aromatic rings. The molecule has 0 aliphatic carbocycles. The number of nitriles is 1. The van der Waals surface area contributed by atoms with Gasteiger partial charge in [0.1, 0.15) is 17.5 Å². The first kappa shape index (κ1) is 27.4. The van der Waals surface area contributed by atoms with Crippen molar-refractivity contribution in [3.8, 4) is 17.6 Å². The van der Waals surface area contributed by atoms with Crippen LogP contribution in [-0.4, -0.2) is 25.0 Å². The van der Waals surface area contributed by atoms with E-state index in [1.54, 1.807) is 19.1 Å². The fourth-order valence-corrected chi connectivity index (χ4v) is 3.97. The number of anilines is 2. The van der Waals surface area contributed by atoms with Crippen LogP contribution in [0.5, 0.6) is 11.5 Å². The van der Waals surface area contributed by atoms with Crippen LogP contribution in [-0.2, 0) is 9.59 Å². The normalized spacial score (nSPS) is 10.9. The number of ether oxygens (including phenoxy) is 2. The zero-order valence-electron chi connectivity index (χ0n) is 20.5. The molecule has 37 heavy (non-hydrogen) atoms. The Kier molecular flexibility index (Phi) is 9.41. The Morgan fingerprint density at radius 1 is 1.05 bits per heavy atom. The van der Waals surface area contributed by atoms with Crippen molar-refractivity contribution in [2.75, 3.05) is 23.8 Å². The summed E-state index contributed by atoms with van der Waals surface area (Å²) >= 11 is 3.43. The summed E-state index contributed by atoms with van der Waals surface area (Å²) in [6.45, 7) is 5.75. The largest absolute Gasteiger partial charge is 0.490 e. The average molecular weight is 566 g/mol. The van der Waals surface area contributed by atoms with Crippen LogP contribution in [0, 0.1) is 31.0 Å². The molecule has 0 spiro atoms. The Hall–Kier alpha value is -4.16. The van der Waals surface area contributed by atoms with Gasteiger partial charge in [-0.3, -0.25) is 9.59 Å². The Balaban J connectivity index is 1.77. The first-order chi connectivity index (χ1) is 17.7. The number of hydrogen-bond donors (Lipinski definition) is 2. The second-order valence-electron chi connectivity index (χ2n) is 8.05.